The van der Waals surface area contributed by atoms with Crippen LogP contribution in [0.4, 0.5) is 5.82 Å². The Morgan fingerprint density at radius 1 is 1.24 bits per heavy atom. The molecule has 1 atom stereocenters. The van der Waals surface area contributed by atoms with E-state index in [1.54, 1.807) is 0 Å². The van der Waals surface area contributed by atoms with Crippen molar-refractivity contribution < 1.29 is 0 Å². The van der Waals surface area contributed by atoms with E-state index in [-0.39, 0.29) is 5.56 Å². The van der Waals surface area contributed by atoms with Crippen LogP contribution in [0.15, 0.2) is 35.1 Å². The molecule has 4 nitrogen and oxygen atoms in total. The van der Waals surface area contributed by atoms with Gasteiger partial charge in [0.25, 0.3) is 5.56 Å². The number of nitrogens with one attached hydrogen (secondary N) is 2. The van der Waals surface area contributed by atoms with E-state index in [1.807, 2.05) is 30.3 Å². The molecule has 1 aromatic heterocycles. The molecule has 0 saturated carbocycles. The molecule has 0 saturated heterocycles. The molecule has 4 heteroatoms. The minimum atomic E-state index is -0.0382. The van der Waals surface area contributed by atoms with Crippen LogP contribution >= 0.6 is 0 Å². The van der Waals surface area contributed by atoms with E-state index in [0.29, 0.717) is 12.0 Å². The second-order valence-electron chi connectivity index (χ2n) is 6.33. The predicted octanol–water partition coefficient (Wildman–Crippen LogP) is 2.92. The summed E-state index contributed by atoms with van der Waals surface area (Å²) in [6.45, 7) is 5.37. The zero-order valence-electron chi connectivity index (χ0n) is 13.3. The predicted molar refractivity (Wildman–Crippen MR) is 90.0 cm³/mol. The summed E-state index contributed by atoms with van der Waals surface area (Å²) in [6, 6.07) is 9.99. The molecule has 0 aliphatic heterocycles. The largest absolute Gasteiger partial charge is 0.368 e. The number of anilines is 1. The van der Waals surface area contributed by atoms with Crippen LogP contribution in [-0.4, -0.2) is 36.6 Å². The summed E-state index contributed by atoms with van der Waals surface area (Å²) in [5.41, 5.74) is -0.0382. The van der Waals surface area contributed by atoms with Crippen molar-refractivity contribution in [3.63, 3.8) is 0 Å². The highest BCUT2D eigenvalue weighted by Crippen LogP contribution is 2.15. The van der Waals surface area contributed by atoms with Gasteiger partial charge in [0.15, 0.2) is 0 Å². The summed E-state index contributed by atoms with van der Waals surface area (Å²) in [6.07, 6.45) is 1.06. The molecule has 0 aliphatic rings. The second-order valence-corrected chi connectivity index (χ2v) is 6.33. The van der Waals surface area contributed by atoms with Gasteiger partial charge in [0, 0.05) is 18.0 Å². The van der Waals surface area contributed by atoms with Crippen molar-refractivity contribution in [1.29, 1.82) is 0 Å². The van der Waals surface area contributed by atoms with Crippen LogP contribution in [-0.2, 0) is 0 Å². The molecule has 0 bridgehead atoms. The molecule has 0 amide bonds. The van der Waals surface area contributed by atoms with E-state index >= 15 is 0 Å². The monoisotopic (exact) mass is 287 g/mol. The Kier molecular flexibility index (Phi) is 5.02. The summed E-state index contributed by atoms with van der Waals surface area (Å²) in [5.74, 6) is 1.40. The Bertz CT molecular complexity index is 636. The Labute approximate surface area is 126 Å². The number of hydrogen-bond acceptors (Lipinski definition) is 3. The van der Waals surface area contributed by atoms with Crippen molar-refractivity contribution in [2.75, 3.05) is 26.0 Å². The smallest absolute Gasteiger partial charge is 0.257 e. The van der Waals surface area contributed by atoms with Gasteiger partial charge in [-0.3, -0.25) is 4.79 Å². The average molecular weight is 287 g/mol. The van der Waals surface area contributed by atoms with Crippen LogP contribution in [0.2, 0.25) is 0 Å². The lowest BCUT2D eigenvalue weighted by Crippen LogP contribution is -2.34. The minimum absolute atomic E-state index is 0.0382. The van der Waals surface area contributed by atoms with Crippen molar-refractivity contribution in [1.82, 2.24) is 9.88 Å². The summed E-state index contributed by atoms with van der Waals surface area (Å²) < 4.78 is 0. The first-order valence-electron chi connectivity index (χ1n) is 7.49. The highest BCUT2D eigenvalue weighted by molar-refractivity contribution is 5.83. The molecule has 0 fully saturated rings. The maximum absolute atomic E-state index is 12.1. The van der Waals surface area contributed by atoms with Crippen LogP contribution < -0.4 is 10.9 Å². The summed E-state index contributed by atoms with van der Waals surface area (Å²) in [7, 11) is 4.14. The molecule has 0 spiro atoms. The van der Waals surface area contributed by atoms with Gasteiger partial charge in [-0.05, 0) is 44.0 Å². The van der Waals surface area contributed by atoms with Gasteiger partial charge in [0.05, 0.1) is 0 Å². The Morgan fingerprint density at radius 3 is 2.62 bits per heavy atom. The standard InChI is InChI=1S/C17H25N3O/c1-12(2)9-14(11-20(3)4)18-16-10-13-7-5-6-8-15(13)17(21)19-16/h5-8,10,12,14H,9,11H2,1-4H3,(H2,18,19,21). The molecule has 2 rings (SSSR count). The van der Waals surface area contributed by atoms with E-state index in [0.717, 1.165) is 29.6 Å². The molecule has 114 valence electrons. The molecule has 2 N–H and O–H groups in total. The second kappa shape index (κ2) is 6.76. The van der Waals surface area contributed by atoms with E-state index in [9.17, 15) is 4.79 Å². The molecular formula is C17H25N3O. The van der Waals surface area contributed by atoms with E-state index < -0.39 is 0 Å². The molecule has 2 aromatic rings. The fourth-order valence-electron chi connectivity index (χ4n) is 2.70. The van der Waals surface area contributed by atoms with Crippen molar-refractivity contribution in [2.24, 2.45) is 5.92 Å². The fraction of sp³-hybridized carbons (Fsp3) is 0.471. The lowest BCUT2D eigenvalue weighted by Gasteiger charge is -2.24. The lowest BCUT2D eigenvalue weighted by atomic mass is 10.0. The zero-order chi connectivity index (χ0) is 15.4. The van der Waals surface area contributed by atoms with Crippen molar-refractivity contribution >= 4 is 16.6 Å². The number of benzene rings is 1. The number of nitrogens with zero attached hydrogens (tertiary/aromatic N) is 1. The van der Waals surface area contributed by atoms with Gasteiger partial charge in [0.2, 0.25) is 0 Å². The Morgan fingerprint density at radius 2 is 1.95 bits per heavy atom. The maximum Gasteiger partial charge on any atom is 0.257 e. The normalized spacial score (nSPS) is 13.0. The number of pyridine rings is 1. The van der Waals surface area contributed by atoms with Crippen LogP contribution in [0.5, 0.6) is 0 Å². The van der Waals surface area contributed by atoms with Crippen LogP contribution in [0.25, 0.3) is 10.8 Å². The third-order valence-corrected chi connectivity index (χ3v) is 3.45. The number of aromatic nitrogens is 1. The van der Waals surface area contributed by atoms with Gasteiger partial charge >= 0.3 is 0 Å². The van der Waals surface area contributed by atoms with E-state index in [1.165, 1.54) is 0 Å². The van der Waals surface area contributed by atoms with Gasteiger partial charge in [-0.2, -0.15) is 0 Å². The van der Waals surface area contributed by atoms with Gasteiger partial charge in [-0.15, -0.1) is 0 Å². The van der Waals surface area contributed by atoms with Crippen LogP contribution in [0.1, 0.15) is 20.3 Å². The first-order chi connectivity index (χ1) is 9.95. The number of rotatable bonds is 6. The van der Waals surface area contributed by atoms with Gasteiger partial charge in [-0.1, -0.05) is 32.0 Å². The minimum Gasteiger partial charge on any atom is -0.368 e. The number of fused-ring (bicyclic) bond motifs is 1. The Hall–Kier alpha value is -1.81. The first kappa shape index (κ1) is 15.6. The summed E-state index contributed by atoms with van der Waals surface area (Å²) in [4.78, 5) is 17.2. The topological polar surface area (TPSA) is 48.1 Å². The molecule has 1 heterocycles. The van der Waals surface area contributed by atoms with E-state index in [2.05, 4.69) is 43.1 Å². The molecular weight excluding hydrogens is 262 g/mol. The number of likely N-dealkylation sites (N-methyl/N-ethyl adjacent to an activating group) is 1. The molecule has 1 aromatic carbocycles. The third kappa shape index (κ3) is 4.33. The quantitative estimate of drug-likeness (QED) is 0.859. The number of aromatic amines is 1. The fourth-order valence-corrected chi connectivity index (χ4v) is 2.70. The zero-order valence-corrected chi connectivity index (χ0v) is 13.3. The molecule has 0 aliphatic carbocycles. The summed E-state index contributed by atoms with van der Waals surface area (Å²) >= 11 is 0. The Balaban J connectivity index is 2.25. The molecule has 0 radical (unpaired) electrons. The van der Waals surface area contributed by atoms with Crippen molar-refractivity contribution in [2.45, 2.75) is 26.3 Å². The molecule has 1 unspecified atom stereocenters. The number of hydrogen-bond donors (Lipinski definition) is 2. The third-order valence-electron chi connectivity index (χ3n) is 3.45. The van der Waals surface area contributed by atoms with Gasteiger partial charge in [0.1, 0.15) is 5.82 Å². The van der Waals surface area contributed by atoms with Crippen molar-refractivity contribution in [3.05, 3.63) is 40.7 Å². The maximum atomic E-state index is 12.1. The SMILES string of the molecule is CC(C)CC(CN(C)C)Nc1cc2ccccc2c(=O)[nH]1. The van der Waals surface area contributed by atoms with Crippen molar-refractivity contribution in [3.8, 4) is 0 Å². The van der Waals surface area contributed by atoms with Gasteiger partial charge < -0.3 is 15.2 Å². The first-order valence-corrected chi connectivity index (χ1v) is 7.49. The van der Waals surface area contributed by atoms with Crippen LogP contribution in [0.3, 0.4) is 0 Å². The lowest BCUT2D eigenvalue weighted by molar-refractivity contribution is 0.356. The van der Waals surface area contributed by atoms with Gasteiger partial charge in [-0.25, -0.2) is 0 Å². The summed E-state index contributed by atoms with van der Waals surface area (Å²) in [5, 5.41) is 5.18. The highest BCUT2D eigenvalue weighted by atomic mass is 16.1. The highest BCUT2D eigenvalue weighted by Gasteiger charge is 2.13. The number of H-pyrrole nitrogens is 1. The van der Waals surface area contributed by atoms with Crippen LogP contribution in [0, 0.1) is 5.92 Å². The average Bonchev–Trinajstić information content (AvgIpc) is 2.37. The molecule has 21 heavy (non-hydrogen) atoms. The van der Waals surface area contributed by atoms with E-state index in [4.69, 9.17) is 0 Å².